The number of benzene rings is 2. The maximum absolute atomic E-state index is 13.5. The van der Waals surface area contributed by atoms with Crippen molar-refractivity contribution < 1.29 is 60.0 Å². The predicted octanol–water partition coefficient (Wildman–Crippen LogP) is 0.0616. The predicted molar refractivity (Wildman–Crippen MR) is 235 cm³/mol. The number of hydrogen-bond acceptors (Lipinski definition) is 14. The van der Waals surface area contributed by atoms with Gasteiger partial charge in [-0.05, 0) is 136 Å². The van der Waals surface area contributed by atoms with Crippen LogP contribution in [0.4, 0.5) is 11.4 Å². The Kier molecular flexibility index (Phi) is 21.5. The first-order chi connectivity index (χ1) is 24.6. The molecule has 0 heterocycles. The lowest BCUT2D eigenvalue weighted by Gasteiger charge is -2.21. The number of carbonyl (C=O) groups excluding carboxylic acids is 4. The van der Waals surface area contributed by atoms with E-state index in [1.807, 2.05) is 90.4 Å². The van der Waals surface area contributed by atoms with Crippen LogP contribution in [0.1, 0.15) is 41.4 Å². The second kappa shape index (κ2) is 23.3. The highest BCUT2D eigenvalue weighted by molar-refractivity contribution is 14.1. The van der Waals surface area contributed by atoms with Gasteiger partial charge in [-0.1, -0.05) is 0 Å². The lowest BCUT2D eigenvalue weighted by atomic mass is 10.1. The third-order valence-corrected chi connectivity index (χ3v) is 13.2. The molecule has 0 aromatic heterocycles. The molecule has 24 heteroatoms. The van der Waals surface area contributed by atoms with Gasteiger partial charge in [0.1, 0.15) is 11.4 Å². The fourth-order valence-corrected chi connectivity index (χ4v) is 12.7. The minimum Gasteiger partial charge on any atom is -0.394 e. The summed E-state index contributed by atoms with van der Waals surface area (Å²) in [6.07, 6.45) is 0. The van der Waals surface area contributed by atoms with Crippen LogP contribution in [0.2, 0.25) is 0 Å². The van der Waals surface area contributed by atoms with E-state index in [0.29, 0.717) is 0 Å². The van der Waals surface area contributed by atoms with E-state index in [9.17, 15) is 60.0 Å². The quantitative estimate of drug-likeness (QED) is 0.0698. The molecule has 2 rings (SSSR count). The highest BCUT2D eigenvalue weighted by atomic mass is 127. The van der Waals surface area contributed by atoms with E-state index in [-0.39, 0.29) is 55.0 Å². The van der Waals surface area contributed by atoms with Crippen molar-refractivity contribution in [2.24, 2.45) is 10.2 Å². The smallest absolute Gasteiger partial charge is 0.253 e. The van der Waals surface area contributed by atoms with Gasteiger partial charge in [0.25, 0.3) is 23.6 Å². The van der Waals surface area contributed by atoms with Crippen molar-refractivity contribution in [3.05, 3.63) is 43.7 Å². The molecule has 18 nitrogen and oxygen atoms in total. The lowest BCUT2D eigenvalue weighted by molar-refractivity contribution is 0.0863. The maximum atomic E-state index is 13.5. The van der Waals surface area contributed by atoms with E-state index in [1.54, 1.807) is 45.2 Å². The molecule has 0 unspecified atom stereocenters. The van der Waals surface area contributed by atoms with Crippen molar-refractivity contribution in [1.82, 2.24) is 21.3 Å². The first kappa shape index (κ1) is 48.1. The molecule has 288 valence electrons. The van der Waals surface area contributed by atoms with Gasteiger partial charge < -0.3 is 62.1 Å². The molecule has 0 saturated heterocycles. The molecule has 0 bridgehead atoms. The van der Waals surface area contributed by atoms with Crippen LogP contribution >= 0.6 is 136 Å². The molecule has 2 aromatic carbocycles. The van der Waals surface area contributed by atoms with Gasteiger partial charge in [-0.2, -0.15) is 0 Å². The Morgan fingerprint density at radius 2 is 0.558 bits per heavy atom. The number of aliphatic hydroxyl groups excluding tert-OH is 8. The molecular formula is C28H32I6N6O12. The summed E-state index contributed by atoms with van der Waals surface area (Å²) in [6.45, 7) is -4.79. The molecule has 0 fully saturated rings. The number of halogens is 6. The molecule has 0 aliphatic heterocycles. The van der Waals surface area contributed by atoms with Crippen molar-refractivity contribution in [2.75, 3.05) is 52.9 Å². The molecule has 0 aliphatic carbocycles. The van der Waals surface area contributed by atoms with Crippen molar-refractivity contribution in [2.45, 2.75) is 24.2 Å². The third kappa shape index (κ3) is 11.8. The molecule has 0 radical (unpaired) electrons. The van der Waals surface area contributed by atoms with Gasteiger partial charge >= 0.3 is 0 Å². The monoisotopic (exact) mass is 1410 g/mol. The average molecular weight is 1410 g/mol. The Bertz CT molecular complexity index is 1450. The Morgan fingerprint density at radius 1 is 0.385 bits per heavy atom. The van der Waals surface area contributed by atoms with Crippen molar-refractivity contribution in [3.8, 4) is 0 Å². The van der Waals surface area contributed by atoms with Crippen LogP contribution in [0.15, 0.2) is 10.2 Å². The van der Waals surface area contributed by atoms with E-state index in [0.717, 1.165) is 0 Å². The second-order valence-electron chi connectivity index (χ2n) is 10.4. The summed E-state index contributed by atoms with van der Waals surface area (Å²) in [5.74, 6) is -3.15. The summed E-state index contributed by atoms with van der Waals surface area (Å²) in [4.78, 5) is 54.1. The zero-order chi connectivity index (χ0) is 39.4. The summed E-state index contributed by atoms with van der Waals surface area (Å²) < 4.78 is 0.959. The summed E-state index contributed by atoms with van der Waals surface area (Å²) in [6, 6.07) is -4.20. The number of rotatable bonds is 18. The van der Waals surface area contributed by atoms with Gasteiger partial charge in [0.05, 0.1) is 114 Å². The summed E-state index contributed by atoms with van der Waals surface area (Å²) >= 11 is 10.8. The number of nitrogens with zero attached hydrogens (tertiary/aromatic N) is 2. The van der Waals surface area contributed by atoms with Gasteiger partial charge in [0.2, 0.25) is 0 Å². The van der Waals surface area contributed by atoms with E-state index >= 15 is 0 Å². The standard InChI is InChI=1S/C28H32I6N6O12/c29-17-13(25(49)35-9(1-41)2-42)19(31)23(20(32)14(17)26(50)36-10(3-43)4-44)39-40-24-21(33)15(27(51)37-11(5-45)6-46)18(30)16(22(24)34)28(52)38-12(7-47)8-48/h9-12,41-48H,1-8H2,(H,35,49)(H,36,50)(H,37,51)(H,38,52). The van der Waals surface area contributed by atoms with Crippen molar-refractivity contribution in [1.29, 1.82) is 0 Å². The largest absolute Gasteiger partial charge is 0.394 e. The minimum atomic E-state index is -1.05. The first-order valence-electron chi connectivity index (χ1n) is 14.5. The Morgan fingerprint density at radius 3 is 0.712 bits per heavy atom. The Labute approximate surface area is 378 Å². The number of azo groups is 1. The molecule has 4 amide bonds. The van der Waals surface area contributed by atoms with Crippen molar-refractivity contribution in [3.63, 3.8) is 0 Å². The van der Waals surface area contributed by atoms with Crippen LogP contribution < -0.4 is 21.3 Å². The Balaban J connectivity index is 3.01. The summed E-state index contributed by atoms with van der Waals surface area (Å²) in [5, 5.41) is 95.3. The van der Waals surface area contributed by atoms with Gasteiger partial charge in [0, 0.05) is 7.14 Å². The average Bonchev–Trinajstić information content (AvgIpc) is 3.11. The van der Waals surface area contributed by atoms with E-state index < -0.39 is 101 Å². The van der Waals surface area contributed by atoms with Crippen LogP contribution in [0.25, 0.3) is 0 Å². The summed E-state index contributed by atoms with van der Waals surface area (Å²) in [5.41, 5.74) is -0.363. The molecule has 2 aromatic rings. The molecule has 0 spiro atoms. The number of hydrogen-bond donors (Lipinski definition) is 12. The van der Waals surface area contributed by atoms with Gasteiger partial charge in [-0.15, -0.1) is 10.2 Å². The fraction of sp³-hybridized carbons (Fsp3) is 0.429. The molecule has 0 saturated carbocycles. The highest BCUT2D eigenvalue weighted by Crippen LogP contribution is 2.41. The molecule has 52 heavy (non-hydrogen) atoms. The molecule has 12 N–H and O–H groups in total. The van der Waals surface area contributed by atoms with Gasteiger partial charge in [-0.25, -0.2) is 0 Å². The normalized spacial score (nSPS) is 11.7. The van der Waals surface area contributed by atoms with Crippen molar-refractivity contribution >= 4 is 171 Å². The number of carbonyl (C=O) groups is 4. The van der Waals surface area contributed by atoms with Crippen LogP contribution in [0.5, 0.6) is 0 Å². The second-order valence-corrected chi connectivity index (χ2v) is 16.9. The van der Waals surface area contributed by atoms with Crippen LogP contribution in [-0.2, 0) is 0 Å². The van der Waals surface area contributed by atoms with Crippen LogP contribution in [-0.4, -0.2) is 142 Å². The zero-order valence-corrected chi connectivity index (χ0v) is 39.3. The minimum absolute atomic E-state index is 0.0191. The van der Waals surface area contributed by atoms with Crippen LogP contribution in [0, 0.1) is 21.4 Å². The molecular weight excluding hydrogens is 1370 g/mol. The third-order valence-electron chi connectivity index (χ3n) is 6.85. The highest BCUT2D eigenvalue weighted by Gasteiger charge is 2.32. The number of amides is 4. The van der Waals surface area contributed by atoms with Crippen LogP contribution in [0.3, 0.4) is 0 Å². The van der Waals surface area contributed by atoms with Gasteiger partial charge in [0.15, 0.2) is 0 Å². The number of aliphatic hydroxyl groups is 8. The fourth-order valence-electron chi connectivity index (χ4n) is 4.00. The summed E-state index contributed by atoms with van der Waals surface area (Å²) in [7, 11) is 0. The first-order valence-corrected chi connectivity index (χ1v) is 21.0. The lowest BCUT2D eigenvalue weighted by Crippen LogP contribution is -2.42. The maximum Gasteiger partial charge on any atom is 0.253 e. The van der Waals surface area contributed by atoms with E-state index in [1.165, 1.54) is 0 Å². The SMILES string of the molecule is O=C(NC(CO)CO)c1c(I)c(N=Nc2c(I)c(C(=O)NC(CO)CO)c(I)c(C(=O)NC(CO)CO)c2I)c(I)c(C(=O)NC(CO)CO)c1I. The molecule has 0 aliphatic rings. The molecule has 0 atom stereocenters. The van der Waals surface area contributed by atoms with E-state index in [4.69, 9.17) is 0 Å². The topological polar surface area (TPSA) is 303 Å². The van der Waals surface area contributed by atoms with E-state index in [2.05, 4.69) is 31.5 Å². The van der Waals surface area contributed by atoms with Gasteiger partial charge in [-0.3, -0.25) is 19.2 Å². The number of nitrogens with one attached hydrogen (secondary N) is 4. The zero-order valence-electron chi connectivity index (χ0n) is 26.3. The Hall–Kier alpha value is -0.0200.